The Kier molecular flexibility index (Phi) is 5.45. The fourth-order valence-corrected chi connectivity index (χ4v) is 2.66. The third-order valence-electron chi connectivity index (χ3n) is 3.84. The van der Waals surface area contributed by atoms with E-state index in [0.29, 0.717) is 0 Å². The zero-order chi connectivity index (χ0) is 15.2. The summed E-state index contributed by atoms with van der Waals surface area (Å²) < 4.78 is 13.4. The Morgan fingerprint density at radius 2 is 2.05 bits per heavy atom. The van der Waals surface area contributed by atoms with Crippen LogP contribution in [-0.4, -0.2) is 11.5 Å². The molecule has 3 heteroatoms. The molecule has 0 amide bonds. The lowest BCUT2D eigenvalue weighted by Crippen LogP contribution is -2.27. The molecule has 1 heterocycles. The van der Waals surface area contributed by atoms with Crippen LogP contribution in [0.5, 0.6) is 0 Å². The van der Waals surface area contributed by atoms with Crippen molar-refractivity contribution in [2.24, 2.45) is 0 Å². The Morgan fingerprint density at radius 1 is 1.24 bits per heavy atom. The molecular formula is C18H23FN2. The Labute approximate surface area is 126 Å². The monoisotopic (exact) mass is 286 g/mol. The maximum Gasteiger partial charge on any atom is 0.123 e. The molecule has 2 atom stereocenters. The van der Waals surface area contributed by atoms with Crippen molar-refractivity contribution in [3.8, 4) is 0 Å². The number of benzene rings is 1. The minimum atomic E-state index is -0.184. The first-order valence-corrected chi connectivity index (χ1v) is 7.53. The van der Waals surface area contributed by atoms with Gasteiger partial charge in [0.1, 0.15) is 5.82 Å². The summed E-state index contributed by atoms with van der Waals surface area (Å²) in [4.78, 5) is 4.47. The molecule has 0 aliphatic heterocycles. The molecule has 1 N–H and O–H groups in total. The minimum absolute atomic E-state index is 0.139. The molecule has 0 saturated heterocycles. The molecule has 2 rings (SSSR count). The molecule has 112 valence electrons. The largest absolute Gasteiger partial charge is 0.309 e. The summed E-state index contributed by atoms with van der Waals surface area (Å²) in [7, 11) is 0. The first-order valence-electron chi connectivity index (χ1n) is 7.53. The number of halogens is 1. The predicted octanol–water partition coefficient (Wildman–Crippen LogP) is 4.37. The molecule has 0 saturated carbocycles. The molecular weight excluding hydrogens is 263 g/mol. The fourth-order valence-electron chi connectivity index (χ4n) is 2.66. The number of nitrogens with one attached hydrogen (secondary N) is 1. The number of nitrogens with zero attached hydrogens (tertiary/aromatic N) is 1. The van der Waals surface area contributed by atoms with Crippen LogP contribution in [0.2, 0.25) is 0 Å². The van der Waals surface area contributed by atoms with E-state index >= 15 is 0 Å². The van der Waals surface area contributed by atoms with Crippen LogP contribution in [0.4, 0.5) is 4.39 Å². The van der Waals surface area contributed by atoms with Gasteiger partial charge in [-0.2, -0.15) is 0 Å². The summed E-state index contributed by atoms with van der Waals surface area (Å²) in [6.45, 7) is 7.20. The lowest BCUT2D eigenvalue weighted by molar-refractivity contribution is 0.457. The van der Waals surface area contributed by atoms with Crippen molar-refractivity contribution >= 4 is 0 Å². The van der Waals surface area contributed by atoms with Crippen LogP contribution in [0.25, 0.3) is 0 Å². The minimum Gasteiger partial charge on any atom is -0.309 e. The van der Waals surface area contributed by atoms with Crippen LogP contribution < -0.4 is 5.32 Å². The average molecular weight is 286 g/mol. The summed E-state index contributed by atoms with van der Waals surface area (Å²) >= 11 is 0. The van der Waals surface area contributed by atoms with Crippen molar-refractivity contribution in [2.45, 2.75) is 39.2 Å². The molecule has 0 bridgehead atoms. The van der Waals surface area contributed by atoms with Gasteiger partial charge in [-0.05, 0) is 55.3 Å². The highest BCUT2D eigenvalue weighted by molar-refractivity contribution is 5.32. The van der Waals surface area contributed by atoms with Gasteiger partial charge >= 0.3 is 0 Å². The number of hydrogen-bond acceptors (Lipinski definition) is 2. The standard InChI is InChI=1S/C18H23FN2/c1-4-10-21-18(14(3)17-7-5-6-11-20-17)16-9-8-15(19)12-13(16)2/h5-9,11-12,14,18,21H,4,10H2,1-3H3. The topological polar surface area (TPSA) is 24.9 Å². The lowest BCUT2D eigenvalue weighted by atomic mass is 9.89. The number of aromatic nitrogens is 1. The normalized spacial score (nSPS) is 13.9. The lowest BCUT2D eigenvalue weighted by Gasteiger charge is -2.27. The van der Waals surface area contributed by atoms with Crippen LogP contribution in [0, 0.1) is 12.7 Å². The van der Waals surface area contributed by atoms with E-state index in [0.717, 1.165) is 29.8 Å². The predicted molar refractivity (Wildman–Crippen MR) is 84.8 cm³/mol. The second-order valence-corrected chi connectivity index (χ2v) is 5.48. The highest BCUT2D eigenvalue weighted by atomic mass is 19.1. The Hall–Kier alpha value is -1.74. The van der Waals surface area contributed by atoms with Crippen molar-refractivity contribution in [3.05, 3.63) is 65.2 Å². The SMILES string of the molecule is CCCNC(c1ccc(F)cc1C)C(C)c1ccccn1. The number of hydrogen-bond donors (Lipinski definition) is 1. The first kappa shape index (κ1) is 15.6. The molecule has 0 aliphatic carbocycles. The number of rotatable bonds is 6. The highest BCUT2D eigenvalue weighted by Crippen LogP contribution is 2.31. The van der Waals surface area contributed by atoms with Gasteiger partial charge in [-0.15, -0.1) is 0 Å². The van der Waals surface area contributed by atoms with Crippen molar-refractivity contribution < 1.29 is 4.39 Å². The molecule has 1 aromatic carbocycles. The van der Waals surface area contributed by atoms with E-state index in [9.17, 15) is 4.39 Å². The van der Waals surface area contributed by atoms with Gasteiger partial charge in [-0.3, -0.25) is 4.98 Å². The number of aryl methyl sites for hydroxylation is 1. The van der Waals surface area contributed by atoms with Crippen molar-refractivity contribution in [3.63, 3.8) is 0 Å². The van der Waals surface area contributed by atoms with Gasteiger partial charge in [-0.25, -0.2) is 4.39 Å². The van der Waals surface area contributed by atoms with Gasteiger partial charge in [0.2, 0.25) is 0 Å². The number of pyridine rings is 1. The van der Waals surface area contributed by atoms with E-state index in [1.54, 1.807) is 6.07 Å². The Bertz CT molecular complexity index is 569. The van der Waals surface area contributed by atoms with Gasteiger partial charge in [0.05, 0.1) is 0 Å². The van der Waals surface area contributed by atoms with Gasteiger partial charge in [-0.1, -0.05) is 26.0 Å². The summed E-state index contributed by atoms with van der Waals surface area (Å²) in [5, 5.41) is 3.58. The molecule has 2 nitrogen and oxygen atoms in total. The first-order chi connectivity index (χ1) is 10.1. The Morgan fingerprint density at radius 3 is 2.67 bits per heavy atom. The maximum absolute atomic E-state index is 13.4. The van der Waals surface area contributed by atoms with Gasteiger partial charge < -0.3 is 5.32 Å². The van der Waals surface area contributed by atoms with Crippen molar-refractivity contribution in [1.82, 2.24) is 10.3 Å². The second-order valence-electron chi connectivity index (χ2n) is 5.48. The van der Waals surface area contributed by atoms with E-state index in [2.05, 4.69) is 24.1 Å². The molecule has 0 fully saturated rings. The molecule has 21 heavy (non-hydrogen) atoms. The summed E-state index contributed by atoms with van der Waals surface area (Å²) in [5.74, 6) is 0.0397. The van der Waals surface area contributed by atoms with E-state index in [4.69, 9.17) is 0 Å². The second kappa shape index (κ2) is 7.32. The molecule has 2 aromatic rings. The van der Waals surface area contributed by atoms with E-state index in [1.807, 2.05) is 37.4 Å². The van der Waals surface area contributed by atoms with Crippen molar-refractivity contribution in [1.29, 1.82) is 0 Å². The van der Waals surface area contributed by atoms with Crippen LogP contribution >= 0.6 is 0 Å². The van der Waals surface area contributed by atoms with E-state index in [1.165, 1.54) is 6.07 Å². The Balaban J connectivity index is 2.33. The molecule has 2 unspecified atom stereocenters. The summed E-state index contributed by atoms with van der Waals surface area (Å²) in [6.07, 6.45) is 2.88. The zero-order valence-corrected chi connectivity index (χ0v) is 12.9. The molecule has 0 aliphatic rings. The third-order valence-corrected chi connectivity index (χ3v) is 3.84. The molecule has 0 radical (unpaired) electrons. The van der Waals surface area contributed by atoms with Crippen molar-refractivity contribution in [2.75, 3.05) is 6.54 Å². The summed E-state index contributed by atoms with van der Waals surface area (Å²) in [6, 6.07) is 11.1. The third kappa shape index (κ3) is 3.88. The fraction of sp³-hybridized carbons (Fsp3) is 0.389. The van der Waals surface area contributed by atoms with Gasteiger partial charge in [0.25, 0.3) is 0 Å². The van der Waals surface area contributed by atoms with Crippen LogP contribution in [0.15, 0.2) is 42.6 Å². The average Bonchev–Trinajstić information content (AvgIpc) is 2.50. The molecule has 0 spiro atoms. The van der Waals surface area contributed by atoms with Crippen LogP contribution in [0.1, 0.15) is 49.0 Å². The zero-order valence-electron chi connectivity index (χ0n) is 12.9. The van der Waals surface area contributed by atoms with E-state index in [-0.39, 0.29) is 17.8 Å². The van der Waals surface area contributed by atoms with Gasteiger partial charge in [0.15, 0.2) is 0 Å². The van der Waals surface area contributed by atoms with Crippen LogP contribution in [0.3, 0.4) is 0 Å². The molecule has 1 aromatic heterocycles. The smallest absolute Gasteiger partial charge is 0.123 e. The quantitative estimate of drug-likeness (QED) is 0.852. The van der Waals surface area contributed by atoms with Gasteiger partial charge in [0, 0.05) is 23.9 Å². The summed E-state index contributed by atoms with van der Waals surface area (Å²) in [5.41, 5.74) is 3.17. The maximum atomic E-state index is 13.4. The van der Waals surface area contributed by atoms with Crippen LogP contribution in [-0.2, 0) is 0 Å². The highest BCUT2D eigenvalue weighted by Gasteiger charge is 2.22. The van der Waals surface area contributed by atoms with E-state index < -0.39 is 0 Å².